The lowest BCUT2D eigenvalue weighted by Crippen LogP contribution is -2.41. The molecule has 0 saturated carbocycles. The first-order chi connectivity index (χ1) is 13.8. The van der Waals surface area contributed by atoms with Gasteiger partial charge in [0.15, 0.2) is 0 Å². The van der Waals surface area contributed by atoms with Crippen molar-refractivity contribution in [3.63, 3.8) is 0 Å². The molecule has 0 spiro atoms. The molecule has 0 N–H and O–H groups in total. The van der Waals surface area contributed by atoms with Crippen LogP contribution < -0.4 is 10.4 Å². The lowest BCUT2D eigenvalue weighted by Gasteiger charge is -2.32. The summed E-state index contributed by atoms with van der Waals surface area (Å²) in [5.74, 6) is 0. The molecule has 0 amide bonds. The molecule has 1 unspecified atom stereocenters. The fraction of sp³-hybridized carbons (Fsp3) is 0.591. The lowest BCUT2D eigenvalue weighted by atomic mass is 9.82. The van der Waals surface area contributed by atoms with Gasteiger partial charge in [-0.1, -0.05) is 19.1 Å². The minimum absolute atomic E-state index is 0.185. The summed E-state index contributed by atoms with van der Waals surface area (Å²) in [5, 5.41) is 4.65. The first kappa shape index (κ1) is 20.4. The Bertz CT molecular complexity index is 812. The molecule has 2 aromatic rings. The van der Waals surface area contributed by atoms with Crippen molar-refractivity contribution in [2.45, 2.75) is 58.3 Å². The van der Waals surface area contributed by atoms with Crippen LogP contribution in [0.1, 0.15) is 52.6 Å². The van der Waals surface area contributed by atoms with E-state index in [-0.39, 0.29) is 24.4 Å². The normalized spacial score (nSPS) is 22.1. The number of benzene rings is 1. The van der Waals surface area contributed by atoms with Gasteiger partial charge in [0.25, 0.3) is 0 Å². The topological polar surface area (TPSA) is 48.8 Å². The highest BCUT2D eigenvalue weighted by molar-refractivity contribution is 6.62. The maximum Gasteiger partial charge on any atom is 0.498 e. The minimum atomic E-state index is -0.380. The summed E-state index contributed by atoms with van der Waals surface area (Å²) in [6.07, 6.45) is 4.89. The summed E-state index contributed by atoms with van der Waals surface area (Å²) in [7, 11) is -0.380. The highest BCUT2D eigenvalue weighted by atomic mass is 16.7. The largest absolute Gasteiger partial charge is 0.498 e. The molecule has 7 heteroatoms. The number of aromatic nitrogens is 2. The average molecular weight is 397 g/mol. The standard InChI is InChI=1S/C22H32BN3O3/c1-6-20(17-7-9-19(10-8-17)25-11-13-27-14-12-25)26-16-18(15-24-26)23-28-21(2,3)22(4,5)29-23/h7-10,15-16,20H,6,11-14H2,1-5H3. The van der Waals surface area contributed by atoms with Crippen LogP contribution in [-0.4, -0.2) is 54.4 Å². The number of ether oxygens (including phenoxy) is 1. The second-order valence-electron chi connectivity index (χ2n) is 8.96. The molecule has 1 atom stereocenters. The van der Waals surface area contributed by atoms with Crippen molar-refractivity contribution >= 4 is 18.3 Å². The Kier molecular flexibility index (Phi) is 5.49. The summed E-state index contributed by atoms with van der Waals surface area (Å²) in [6.45, 7) is 14.0. The van der Waals surface area contributed by atoms with Crippen LogP contribution in [0.2, 0.25) is 0 Å². The second-order valence-corrected chi connectivity index (χ2v) is 8.96. The molecule has 156 valence electrons. The van der Waals surface area contributed by atoms with Crippen molar-refractivity contribution in [1.82, 2.24) is 9.78 Å². The SMILES string of the molecule is CCC(c1ccc(N2CCOCC2)cc1)n1cc(B2OC(C)(C)C(C)(C)O2)cn1. The maximum absolute atomic E-state index is 6.17. The zero-order valence-corrected chi connectivity index (χ0v) is 18.2. The summed E-state index contributed by atoms with van der Waals surface area (Å²) in [4.78, 5) is 2.37. The third-order valence-electron chi connectivity index (χ3n) is 6.51. The molecule has 0 bridgehead atoms. The van der Waals surface area contributed by atoms with Crippen LogP contribution in [-0.2, 0) is 14.0 Å². The van der Waals surface area contributed by atoms with Gasteiger partial charge in [-0.25, -0.2) is 0 Å². The quantitative estimate of drug-likeness (QED) is 0.726. The Balaban J connectivity index is 1.50. The molecule has 2 fully saturated rings. The minimum Gasteiger partial charge on any atom is -0.399 e. The third kappa shape index (κ3) is 3.96. The number of hydrogen-bond acceptors (Lipinski definition) is 5. The maximum atomic E-state index is 6.17. The summed E-state index contributed by atoms with van der Waals surface area (Å²) >= 11 is 0. The fourth-order valence-electron chi connectivity index (χ4n) is 3.93. The van der Waals surface area contributed by atoms with Crippen molar-refractivity contribution in [3.8, 4) is 0 Å². The third-order valence-corrected chi connectivity index (χ3v) is 6.51. The van der Waals surface area contributed by atoms with Crippen LogP contribution in [0.3, 0.4) is 0 Å². The van der Waals surface area contributed by atoms with Crippen LogP contribution in [0.15, 0.2) is 36.7 Å². The van der Waals surface area contributed by atoms with Crippen molar-refractivity contribution in [2.24, 2.45) is 0 Å². The van der Waals surface area contributed by atoms with Crippen molar-refractivity contribution in [2.75, 3.05) is 31.2 Å². The predicted molar refractivity (Wildman–Crippen MR) is 116 cm³/mol. The van der Waals surface area contributed by atoms with Gasteiger partial charge in [0.1, 0.15) is 0 Å². The molecule has 2 aliphatic heterocycles. The van der Waals surface area contributed by atoms with Gasteiger partial charge in [-0.3, -0.25) is 4.68 Å². The highest BCUT2D eigenvalue weighted by Gasteiger charge is 2.52. The van der Waals surface area contributed by atoms with E-state index in [2.05, 4.69) is 75.1 Å². The van der Waals surface area contributed by atoms with Crippen molar-refractivity contribution in [3.05, 3.63) is 42.2 Å². The van der Waals surface area contributed by atoms with Crippen LogP contribution in [0.25, 0.3) is 0 Å². The fourth-order valence-corrected chi connectivity index (χ4v) is 3.93. The van der Waals surface area contributed by atoms with Crippen LogP contribution >= 0.6 is 0 Å². The lowest BCUT2D eigenvalue weighted by molar-refractivity contribution is 0.00578. The van der Waals surface area contributed by atoms with Crippen LogP contribution in [0, 0.1) is 0 Å². The van der Waals surface area contributed by atoms with Crippen LogP contribution in [0.5, 0.6) is 0 Å². The Morgan fingerprint density at radius 1 is 1.03 bits per heavy atom. The monoisotopic (exact) mass is 397 g/mol. The van der Waals surface area contributed by atoms with E-state index < -0.39 is 0 Å². The smallest absolute Gasteiger partial charge is 0.399 e. The van der Waals surface area contributed by atoms with E-state index in [1.54, 1.807) is 0 Å². The van der Waals surface area contributed by atoms with Crippen molar-refractivity contribution in [1.29, 1.82) is 0 Å². The molecule has 2 saturated heterocycles. The Morgan fingerprint density at radius 3 is 2.24 bits per heavy atom. The van der Waals surface area contributed by atoms with E-state index in [1.807, 2.05) is 10.9 Å². The average Bonchev–Trinajstić information content (AvgIpc) is 3.26. The molecule has 0 radical (unpaired) electrons. The van der Waals surface area contributed by atoms with Gasteiger partial charge in [-0.2, -0.15) is 5.10 Å². The van der Waals surface area contributed by atoms with Gasteiger partial charge < -0.3 is 18.9 Å². The zero-order chi connectivity index (χ0) is 20.6. The molecule has 2 aliphatic rings. The molecule has 0 aliphatic carbocycles. The molecule has 4 rings (SSSR count). The Hall–Kier alpha value is -1.83. The van der Waals surface area contributed by atoms with Gasteiger partial charge in [0.2, 0.25) is 0 Å². The second kappa shape index (κ2) is 7.78. The summed E-state index contributed by atoms with van der Waals surface area (Å²) < 4.78 is 19.8. The summed E-state index contributed by atoms with van der Waals surface area (Å²) in [6, 6.07) is 9.04. The molecule has 1 aromatic carbocycles. The Labute approximate surface area is 174 Å². The van der Waals surface area contributed by atoms with Crippen molar-refractivity contribution < 1.29 is 14.0 Å². The first-order valence-corrected chi connectivity index (χ1v) is 10.6. The first-order valence-electron chi connectivity index (χ1n) is 10.6. The number of morpholine rings is 1. The van der Waals surface area contributed by atoms with E-state index in [0.717, 1.165) is 38.2 Å². The Morgan fingerprint density at radius 2 is 1.66 bits per heavy atom. The zero-order valence-electron chi connectivity index (χ0n) is 18.2. The predicted octanol–water partition coefficient (Wildman–Crippen LogP) is 3.02. The highest BCUT2D eigenvalue weighted by Crippen LogP contribution is 2.36. The van der Waals surface area contributed by atoms with Gasteiger partial charge in [0, 0.05) is 36.6 Å². The van der Waals surface area contributed by atoms with E-state index in [9.17, 15) is 0 Å². The molecule has 1 aromatic heterocycles. The van der Waals surface area contributed by atoms with E-state index in [4.69, 9.17) is 14.0 Å². The van der Waals surface area contributed by atoms with Crippen LogP contribution in [0.4, 0.5) is 5.69 Å². The molecule has 3 heterocycles. The van der Waals surface area contributed by atoms with E-state index in [0.29, 0.717) is 0 Å². The number of anilines is 1. The van der Waals surface area contributed by atoms with E-state index in [1.165, 1.54) is 11.3 Å². The molecule has 6 nitrogen and oxygen atoms in total. The van der Waals surface area contributed by atoms with Gasteiger partial charge in [-0.15, -0.1) is 0 Å². The van der Waals surface area contributed by atoms with E-state index >= 15 is 0 Å². The number of hydrogen-bond donors (Lipinski definition) is 0. The summed E-state index contributed by atoms with van der Waals surface area (Å²) in [5.41, 5.74) is 2.78. The molecular weight excluding hydrogens is 365 g/mol. The van der Waals surface area contributed by atoms with Gasteiger partial charge in [-0.05, 0) is 51.8 Å². The number of nitrogens with zero attached hydrogens (tertiary/aromatic N) is 3. The number of rotatable bonds is 5. The molecule has 29 heavy (non-hydrogen) atoms. The van der Waals surface area contributed by atoms with Gasteiger partial charge >= 0.3 is 7.12 Å². The van der Waals surface area contributed by atoms with Gasteiger partial charge in [0.05, 0.1) is 30.5 Å². The molecular formula is C22H32BN3O3.